The van der Waals surface area contributed by atoms with E-state index in [0.29, 0.717) is 0 Å². The van der Waals surface area contributed by atoms with Gasteiger partial charge in [0.2, 0.25) is 0 Å². The van der Waals surface area contributed by atoms with Crippen LogP contribution in [-0.4, -0.2) is 9.97 Å². The summed E-state index contributed by atoms with van der Waals surface area (Å²) in [5.41, 5.74) is 10.1. The van der Waals surface area contributed by atoms with E-state index in [1.807, 2.05) is 30.6 Å². The molecule has 2 aromatic heterocycles. The van der Waals surface area contributed by atoms with Gasteiger partial charge in [0.1, 0.15) is 0 Å². The minimum Gasteiger partial charge on any atom is -0.311 e. The molecule has 3 nitrogen and oxygen atoms in total. The van der Waals surface area contributed by atoms with Crippen LogP contribution in [-0.2, 0) is 0 Å². The van der Waals surface area contributed by atoms with Crippen molar-refractivity contribution in [2.45, 2.75) is 0 Å². The topological polar surface area (TPSA) is 29.0 Å². The summed E-state index contributed by atoms with van der Waals surface area (Å²) in [6.07, 6.45) is 5.56. The Bertz CT molecular complexity index is 2410. The van der Waals surface area contributed by atoms with Gasteiger partial charge in [-0.25, -0.2) is 0 Å². The maximum atomic E-state index is 4.59. The first kappa shape index (κ1) is 27.0. The lowest BCUT2D eigenvalue weighted by Gasteiger charge is -2.26. The van der Waals surface area contributed by atoms with E-state index in [2.05, 4.69) is 154 Å². The normalized spacial score (nSPS) is 11.4. The summed E-state index contributed by atoms with van der Waals surface area (Å²) >= 11 is 0. The number of nitrogens with zero attached hydrogens (tertiary/aromatic N) is 3. The second-order valence-corrected chi connectivity index (χ2v) is 11.9. The zero-order chi connectivity index (χ0) is 31.2. The standard InChI is InChI=1S/C44H29N3/c1-2-8-39(9-3-1)47(40-19-15-30(16-20-40)36-7-6-23-45-29-36)41-21-17-31(18-22-41)37-25-32-11-13-34-27-38(42-10-4-5-24-46-42)28-35-14-12-33(26-37)43(32)44(34)35/h1-29H. The molecule has 0 aliphatic carbocycles. The van der Waals surface area contributed by atoms with Crippen LogP contribution in [0.4, 0.5) is 17.1 Å². The van der Waals surface area contributed by atoms with Gasteiger partial charge in [0, 0.05) is 41.2 Å². The average molecular weight is 600 g/mol. The van der Waals surface area contributed by atoms with E-state index in [-0.39, 0.29) is 0 Å². The van der Waals surface area contributed by atoms with Gasteiger partial charge in [-0.2, -0.15) is 0 Å². The summed E-state index contributed by atoms with van der Waals surface area (Å²) in [5, 5.41) is 7.63. The van der Waals surface area contributed by atoms with E-state index in [1.54, 1.807) is 6.20 Å². The molecule has 0 N–H and O–H groups in total. The van der Waals surface area contributed by atoms with Crippen molar-refractivity contribution >= 4 is 49.4 Å². The van der Waals surface area contributed by atoms with Crippen LogP contribution in [0.2, 0.25) is 0 Å². The molecule has 9 aromatic rings. The highest BCUT2D eigenvalue weighted by Gasteiger charge is 2.15. The van der Waals surface area contributed by atoms with Gasteiger partial charge in [0.25, 0.3) is 0 Å². The van der Waals surface area contributed by atoms with Crippen molar-refractivity contribution in [3.8, 4) is 33.5 Å². The molecule has 0 saturated heterocycles. The number of rotatable bonds is 6. The number of hydrogen-bond donors (Lipinski definition) is 0. The number of aromatic nitrogens is 2. The first-order valence-electron chi connectivity index (χ1n) is 15.9. The van der Waals surface area contributed by atoms with Gasteiger partial charge in [-0.1, -0.05) is 78.9 Å². The lowest BCUT2D eigenvalue weighted by molar-refractivity contribution is 1.28. The summed E-state index contributed by atoms with van der Waals surface area (Å²) in [7, 11) is 0. The van der Waals surface area contributed by atoms with Crippen LogP contribution in [0.1, 0.15) is 0 Å². The number of pyridine rings is 2. The van der Waals surface area contributed by atoms with Crippen LogP contribution >= 0.6 is 0 Å². The largest absolute Gasteiger partial charge is 0.311 e. The van der Waals surface area contributed by atoms with Crippen molar-refractivity contribution in [3.63, 3.8) is 0 Å². The van der Waals surface area contributed by atoms with Crippen molar-refractivity contribution in [2.24, 2.45) is 0 Å². The van der Waals surface area contributed by atoms with Crippen LogP contribution in [0.3, 0.4) is 0 Å². The molecule has 47 heavy (non-hydrogen) atoms. The number of anilines is 3. The summed E-state index contributed by atoms with van der Waals surface area (Å²) in [6.45, 7) is 0. The lowest BCUT2D eigenvalue weighted by atomic mass is 9.90. The van der Waals surface area contributed by atoms with E-state index >= 15 is 0 Å². The maximum Gasteiger partial charge on any atom is 0.0702 e. The fourth-order valence-corrected chi connectivity index (χ4v) is 6.85. The molecule has 0 fully saturated rings. The third-order valence-electron chi connectivity index (χ3n) is 9.09. The molecule has 0 radical (unpaired) electrons. The van der Waals surface area contributed by atoms with E-state index in [0.717, 1.165) is 39.4 Å². The van der Waals surface area contributed by atoms with Crippen molar-refractivity contribution in [1.29, 1.82) is 0 Å². The van der Waals surface area contributed by atoms with Gasteiger partial charge in [0.15, 0.2) is 0 Å². The minimum atomic E-state index is 0.997. The number of para-hydroxylation sites is 1. The predicted octanol–water partition coefficient (Wildman–Crippen LogP) is 11.8. The van der Waals surface area contributed by atoms with Crippen LogP contribution < -0.4 is 4.90 Å². The highest BCUT2D eigenvalue weighted by Crippen LogP contribution is 2.40. The molecule has 220 valence electrons. The molecule has 0 amide bonds. The summed E-state index contributed by atoms with van der Waals surface area (Å²) < 4.78 is 0. The Labute approximate surface area is 273 Å². The number of hydrogen-bond acceptors (Lipinski definition) is 3. The molecule has 0 atom stereocenters. The monoisotopic (exact) mass is 599 g/mol. The number of benzene rings is 7. The molecule has 0 unspecified atom stereocenters. The fraction of sp³-hybridized carbons (Fsp3) is 0. The van der Waals surface area contributed by atoms with E-state index in [9.17, 15) is 0 Å². The molecule has 0 bridgehead atoms. The minimum absolute atomic E-state index is 0.997. The molecule has 0 saturated carbocycles. The van der Waals surface area contributed by atoms with Crippen LogP contribution in [0.5, 0.6) is 0 Å². The SMILES string of the molecule is c1ccc(N(c2ccc(-c3cccnc3)cc2)c2ccc(-c3cc4ccc5cc(-c6ccccn6)cc6ccc(c3)c4c56)cc2)cc1. The Morgan fingerprint density at radius 1 is 0.362 bits per heavy atom. The summed E-state index contributed by atoms with van der Waals surface area (Å²) in [5.74, 6) is 0. The Kier molecular flexibility index (Phi) is 6.46. The highest BCUT2D eigenvalue weighted by atomic mass is 15.1. The Morgan fingerprint density at radius 2 is 0.894 bits per heavy atom. The van der Waals surface area contributed by atoms with Crippen molar-refractivity contribution in [1.82, 2.24) is 9.97 Å². The molecule has 0 spiro atoms. The Morgan fingerprint density at radius 3 is 1.43 bits per heavy atom. The summed E-state index contributed by atoms with van der Waals surface area (Å²) in [6, 6.07) is 56.5. The van der Waals surface area contributed by atoms with E-state index in [4.69, 9.17) is 0 Å². The zero-order valence-electron chi connectivity index (χ0n) is 25.6. The second kappa shape index (κ2) is 11.2. The van der Waals surface area contributed by atoms with Gasteiger partial charge in [-0.05, 0) is 133 Å². The van der Waals surface area contributed by atoms with E-state index in [1.165, 1.54) is 43.4 Å². The molecule has 7 aromatic carbocycles. The first-order chi connectivity index (χ1) is 23.3. The van der Waals surface area contributed by atoms with Gasteiger partial charge in [0.05, 0.1) is 5.69 Å². The summed E-state index contributed by atoms with van der Waals surface area (Å²) in [4.78, 5) is 11.2. The fourth-order valence-electron chi connectivity index (χ4n) is 6.85. The van der Waals surface area contributed by atoms with Crippen molar-refractivity contribution < 1.29 is 0 Å². The molecule has 9 rings (SSSR count). The second-order valence-electron chi connectivity index (χ2n) is 11.9. The third kappa shape index (κ3) is 4.86. The smallest absolute Gasteiger partial charge is 0.0702 e. The Balaban J connectivity index is 1.09. The van der Waals surface area contributed by atoms with E-state index < -0.39 is 0 Å². The van der Waals surface area contributed by atoms with Gasteiger partial charge in [-0.3, -0.25) is 9.97 Å². The highest BCUT2D eigenvalue weighted by molar-refractivity contribution is 6.24. The molecule has 2 heterocycles. The van der Waals surface area contributed by atoms with Gasteiger partial charge >= 0.3 is 0 Å². The van der Waals surface area contributed by atoms with Gasteiger partial charge < -0.3 is 4.90 Å². The maximum absolute atomic E-state index is 4.59. The lowest BCUT2D eigenvalue weighted by Crippen LogP contribution is -2.09. The van der Waals surface area contributed by atoms with Gasteiger partial charge in [-0.15, -0.1) is 0 Å². The average Bonchev–Trinajstić information content (AvgIpc) is 3.15. The third-order valence-corrected chi connectivity index (χ3v) is 9.09. The Hall–Kier alpha value is -6.32. The van der Waals surface area contributed by atoms with Crippen LogP contribution in [0.25, 0.3) is 65.8 Å². The molecular weight excluding hydrogens is 571 g/mol. The zero-order valence-corrected chi connectivity index (χ0v) is 25.6. The quantitative estimate of drug-likeness (QED) is 0.178. The molecule has 0 aliphatic rings. The van der Waals surface area contributed by atoms with Crippen LogP contribution in [0.15, 0.2) is 176 Å². The molecule has 0 aliphatic heterocycles. The van der Waals surface area contributed by atoms with Crippen molar-refractivity contribution in [2.75, 3.05) is 4.90 Å². The van der Waals surface area contributed by atoms with Crippen molar-refractivity contribution in [3.05, 3.63) is 176 Å². The first-order valence-corrected chi connectivity index (χ1v) is 15.9. The predicted molar refractivity (Wildman–Crippen MR) is 197 cm³/mol. The molecular formula is C44H29N3. The molecule has 3 heteroatoms. The van der Waals surface area contributed by atoms with Crippen LogP contribution in [0, 0.1) is 0 Å².